The molecular formula is C15H22. The van der Waals surface area contributed by atoms with Crippen LogP contribution in [0.5, 0.6) is 0 Å². The Balaban J connectivity index is 1.86. The van der Waals surface area contributed by atoms with Gasteiger partial charge in [0.2, 0.25) is 0 Å². The average Bonchev–Trinajstić information content (AvgIpc) is 2.58. The predicted molar refractivity (Wildman–Crippen MR) is 64.6 cm³/mol. The molecule has 3 aliphatic rings. The molecule has 3 aliphatic carbocycles. The van der Waals surface area contributed by atoms with E-state index in [1.807, 2.05) is 0 Å². The molecule has 4 atom stereocenters. The van der Waals surface area contributed by atoms with E-state index >= 15 is 0 Å². The first-order valence-electron chi connectivity index (χ1n) is 6.64. The van der Waals surface area contributed by atoms with E-state index in [2.05, 4.69) is 26.0 Å². The highest BCUT2D eigenvalue weighted by Crippen LogP contribution is 2.50. The third-order valence-corrected chi connectivity index (χ3v) is 4.82. The van der Waals surface area contributed by atoms with E-state index in [0.29, 0.717) is 0 Å². The zero-order valence-electron chi connectivity index (χ0n) is 10.00. The molecule has 0 aliphatic heterocycles. The standard InChI is InChI=1S/C15H22/c1-10-3-4-12-5-6-13-7-11(2)9-15(13)14(12)8-10/h7,9-10,12-14H,3-6,8H2,1-2H3. The third kappa shape index (κ3) is 1.58. The summed E-state index contributed by atoms with van der Waals surface area (Å²) in [5.74, 6) is 3.77. The largest absolute Gasteiger partial charge is 0.0744 e. The minimum absolute atomic E-state index is 0.830. The molecule has 0 aromatic carbocycles. The van der Waals surface area contributed by atoms with E-state index in [4.69, 9.17) is 0 Å². The molecule has 0 aromatic heterocycles. The molecule has 0 heteroatoms. The van der Waals surface area contributed by atoms with Crippen molar-refractivity contribution in [3.8, 4) is 0 Å². The number of allylic oxidation sites excluding steroid dienone is 4. The van der Waals surface area contributed by atoms with Crippen molar-refractivity contribution < 1.29 is 0 Å². The molecule has 0 saturated heterocycles. The van der Waals surface area contributed by atoms with E-state index < -0.39 is 0 Å². The van der Waals surface area contributed by atoms with Crippen molar-refractivity contribution in [3.63, 3.8) is 0 Å². The second-order valence-electron chi connectivity index (χ2n) is 6.02. The van der Waals surface area contributed by atoms with Crippen molar-refractivity contribution >= 4 is 0 Å². The van der Waals surface area contributed by atoms with Gasteiger partial charge in [-0.1, -0.05) is 36.6 Å². The van der Waals surface area contributed by atoms with Crippen LogP contribution in [0.1, 0.15) is 46.0 Å². The monoisotopic (exact) mass is 202 g/mol. The maximum Gasteiger partial charge on any atom is -0.00114 e. The Kier molecular flexibility index (Phi) is 2.26. The van der Waals surface area contributed by atoms with Gasteiger partial charge in [-0.15, -0.1) is 0 Å². The fourth-order valence-electron chi connectivity index (χ4n) is 4.05. The van der Waals surface area contributed by atoms with Gasteiger partial charge >= 0.3 is 0 Å². The molecule has 15 heavy (non-hydrogen) atoms. The summed E-state index contributed by atoms with van der Waals surface area (Å²) in [5.41, 5.74) is 3.32. The van der Waals surface area contributed by atoms with E-state index in [0.717, 1.165) is 23.7 Å². The lowest BCUT2D eigenvalue weighted by Crippen LogP contribution is -2.31. The number of fused-ring (bicyclic) bond motifs is 3. The topological polar surface area (TPSA) is 0 Å². The van der Waals surface area contributed by atoms with Crippen LogP contribution in [0.15, 0.2) is 23.3 Å². The predicted octanol–water partition coefficient (Wildman–Crippen LogP) is 4.34. The molecule has 0 radical (unpaired) electrons. The van der Waals surface area contributed by atoms with Crippen LogP contribution in [0.3, 0.4) is 0 Å². The van der Waals surface area contributed by atoms with E-state index in [1.165, 1.54) is 37.7 Å². The molecule has 3 rings (SSSR count). The van der Waals surface area contributed by atoms with Gasteiger partial charge in [-0.2, -0.15) is 0 Å². The van der Waals surface area contributed by atoms with Crippen LogP contribution >= 0.6 is 0 Å². The molecule has 0 amide bonds. The van der Waals surface area contributed by atoms with Crippen molar-refractivity contribution in [1.82, 2.24) is 0 Å². The van der Waals surface area contributed by atoms with Crippen LogP contribution in [0.25, 0.3) is 0 Å². The number of hydrogen-bond donors (Lipinski definition) is 0. The lowest BCUT2D eigenvalue weighted by atomic mass is 9.63. The van der Waals surface area contributed by atoms with Gasteiger partial charge in [-0.25, -0.2) is 0 Å². The Hall–Kier alpha value is -0.520. The van der Waals surface area contributed by atoms with E-state index in [9.17, 15) is 0 Å². The fraction of sp³-hybridized carbons (Fsp3) is 0.733. The molecule has 4 unspecified atom stereocenters. The summed E-state index contributed by atoms with van der Waals surface area (Å²) in [6.07, 6.45) is 12.4. The molecule has 0 spiro atoms. The molecule has 0 aromatic rings. The minimum atomic E-state index is 0.830. The van der Waals surface area contributed by atoms with Gasteiger partial charge in [-0.3, -0.25) is 0 Å². The summed E-state index contributed by atoms with van der Waals surface area (Å²) < 4.78 is 0. The smallest absolute Gasteiger partial charge is 0.00114 e. The molecule has 2 saturated carbocycles. The van der Waals surface area contributed by atoms with Crippen LogP contribution in [-0.4, -0.2) is 0 Å². The second-order valence-corrected chi connectivity index (χ2v) is 6.02. The normalized spacial score (nSPS) is 44.1. The van der Waals surface area contributed by atoms with Crippen molar-refractivity contribution in [1.29, 1.82) is 0 Å². The molecule has 2 fully saturated rings. The molecule has 0 heterocycles. The maximum absolute atomic E-state index is 2.50. The van der Waals surface area contributed by atoms with Crippen molar-refractivity contribution in [3.05, 3.63) is 23.3 Å². The van der Waals surface area contributed by atoms with Gasteiger partial charge < -0.3 is 0 Å². The highest BCUT2D eigenvalue weighted by atomic mass is 14.4. The SMILES string of the molecule is CC1=CC2CCC3CCC(C)CC3C2=C1. The highest BCUT2D eigenvalue weighted by molar-refractivity contribution is 5.37. The molecule has 0 bridgehead atoms. The lowest BCUT2D eigenvalue weighted by molar-refractivity contribution is 0.169. The van der Waals surface area contributed by atoms with Gasteiger partial charge in [0.15, 0.2) is 0 Å². The molecule has 0 N–H and O–H groups in total. The summed E-state index contributed by atoms with van der Waals surface area (Å²) >= 11 is 0. The van der Waals surface area contributed by atoms with Gasteiger partial charge in [0.25, 0.3) is 0 Å². The first-order valence-corrected chi connectivity index (χ1v) is 6.64. The Morgan fingerprint density at radius 3 is 2.80 bits per heavy atom. The number of rotatable bonds is 0. The third-order valence-electron chi connectivity index (χ3n) is 4.82. The first kappa shape index (κ1) is 9.69. The highest BCUT2D eigenvalue weighted by Gasteiger charge is 2.38. The van der Waals surface area contributed by atoms with E-state index in [1.54, 1.807) is 5.57 Å². The summed E-state index contributed by atoms with van der Waals surface area (Å²) in [4.78, 5) is 0. The van der Waals surface area contributed by atoms with Gasteiger partial charge in [0, 0.05) is 0 Å². The second kappa shape index (κ2) is 3.50. The quantitative estimate of drug-likeness (QED) is 0.548. The van der Waals surface area contributed by atoms with Crippen LogP contribution in [0.4, 0.5) is 0 Å². The zero-order chi connectivity index (χ0) is 10.4. The molecular weight excluding hydrogens is 180 g/mol. The summed E-state index contributed by atoms with van der Waals surface area (Å²) in [6, 6.07) is 0. The number of hydrogen-bond acceptors (Lipinski definition) is 0. The van der Waals surface area contributed by atoms with E-state index in [-0.39, 0.29) is 0 Å². The Morgan fingerprint density at radius 2 is 1.93 bits per heavy atom. The first-order chi connectivity index (χ1) is 7.24. The summed E-state index contributed by atoms with van der Waals surface area (Å²) in [5, 5.41) is 0. The zero-order valence-corrected chi connectivity index (χ0v) is 10.00. The summed E-state index contributed by atoms with van der Waals surface area (Å²) in [7, 11) is 0. The average molecular weight is 202 g/mol. The van der Waals surface area contributed by atoms with Crippen molar-refractivity contribution in [2.24, 2.45) is 23.7 Å². The van der Waals surface area contributed by atoms with Crippen LogP contribution < -0.4 is 0 Å². The summed E-state index contributed by atoms with van der Waals surface area (Å²) in [6.45, 7) is 4.71. The lowest BCUT2D eigenvalue weighted by Gasteiger charge is -2.42. The maximum atomic E-state index is 2.50. The van der Waals surface area contributed by atoms with Crippen molar-refractivity contribution in [2.75, 3.05) is 0 Å². The molecule has 82 valence electrons. The Morgan fingerprint density at radius 1 is 1.13 bits per heavy atom. The fourth-order valence-corrected chi connectivity index (χ4v) is 4.05. The van der Waals surface area contributed by atoms with Crippen LogP contribution in [-0.2, 0) is 0 Å². The van der Waals surface area contributed by atoms with Crippen LogP contribution in [0.2, 0.25) is 0 Å². The molecule has 0 nitrogen and oxygen atoms in total. The van der Waals surface area contributed by atoms with Gasteiger partial charge in [0.05, 0.1) is 0 Å². The van der Waals surface area contributed by atoms with Gasteiger partial charge in [-0.05, 0) is 56.3 Å². The van der Waals surface area contributed by atoms with Gasteiger partial charge in [0.1, 0.15) is 0 Å². The van der Waals surface area contributed by atoms with Crippen LogP contribution in [0, 0.1) is 23.7 Å². The Labute approximate surface area is 93.5 Å². The Bertz CT molecular complexity index is 321. The van der Waals surface area contributed by atoms with Crippen molar-refractivity contribution in [2.45, 2.75) is 46.0 Å². The minimum Gasteiger partial charge on any atom is -0.0744 e.